The van der Waals surface area contributed by atoms with E-state index in [1.807, 2.05) is 0 Å². The maximum Gasteiger partial charge on any atom is 0.0488 e. The molecule has 0 aromatic heterocycles. The van der Waals surface area contributed by atoms with E-state index in [1.54, 1.807) is 0 Å². The lowest BCUT2D eigenvalue weighted by atomic mass is 9.94. The second kappa shape index (κ2) is 8.28. The molecule has 0 bridgehead atoms. The Balaban J connectivity index is 2.36. The molecule has 1 unspecified atom stereocenters. The molecule has 1 rings (SSSR count). The standard InChI is InChI=1S/C16H26O2/c1-13(2)12-18-9-8-15(11-17)10-16-7-5-4-6-14(16)3/h4-7,13,15,17H,8-12H2,1-3H3. The van der Waals surface area contributed by atoms with Crippen molar-refractivity contribution in [3.05, 3.63) is 35.4 Å². The van der Waals surface area contributed by atoms with E-state index in [1.165, 1.54) is 11.1 Å². The minimum atomic E-state index is 0.235. The van der Waals surface area contributed by atoms with Crippen molar-refractivity contribution in [3.8, 4) is 0 Å². The maximum absolute atomic E-state index is 9.43. The van der Waals surface area contributed by atoms with E-state index in [4.69, 9.17) is 4.74 Å². The van der Waals surface area contributed by atoms with E-state index < -0.39 is 0 Å². The first-order valence-corrected chi connectivity index (χ1v) is 6.86. The molecule has 0 fully saturated rings. The van der Waals surface area contributed by atoms with Gasteiger partial charge in [-0.05, 0) is 42.7 Å². The summed E-state index contributed by atoms with van der Waals surface area (Å²) in [5.74, 6) is 0.882. The Bertz CT molecular complexity index is 334. The lowest BCUT2D eigenvalue weighted by Crippen LogP contribution is -2.14. The number of aryl methyl sites for hydroxylation is 1. The van der Waals surface area contributed by atoms with Crippen LogP contribution in [0.3, 0.4) is 0 Å². The minimum Gasteiger partial charge on any atom is -0.396 e. The van der Waals surface area contributed by atoms with Gasteiger partial charge in [0.05, 0.1) is 0 Å². The predicted molar refractivity (Wildman–Crippen MR) is 75.7 cm³/mol. The number of ether oxygens (including phenoxy) is 1. The molecule has 0 spiro atoms. The molecule has 1 aromatic carbocycles. The molecule has 0 amide bonds. The number of aliphatic hydroxyl groups is 1. The summed E-state index contributed by atoms with van der Waals surface area (Å²) in [6, 6.07) is 8.39. The van der Waals surface area contributed by atoms with E-state index in [-0.39, 0.29) is 6.61 Å². The lowest BCUT2D eigenvalue weighted by molar-refractivity contribution is 0.0878. The average molecular weight is 250 g/mol. The first-order chi connectivity index (χ1) is 8.63. The molecule has 18 heavy (non-hydrogen) atoms. The Hall–Kier alpha value is -0.860. The largest absolute Gasteiger partial charge is 0.396 e. The highest BCUT2D eigenvalue weighted by Crippen LogP contribution is 2.15. The summed E-state index contributed by atoms with van der Waals surface area (Å²) in [4.78, 5) is 0. The summed E-state index contributed by atoms with van der Waals surface area (Å²) in [7, 11) is 0. The number of benzene rings is 1. The second-order valence-corrected chi connectivity index (χ2v) is 5.44. The average Bonchev–Trinajstić information content (AvgIpc) is 2.35. The van der Waals surface area contributed by atoms with Gasteiger partial charge in [0.25, 0.3) is 0 Å². The van der Waals surface area contributed by atoms with Crippen LogP contribution in [0.5, 0.6) is 0 Å². The van der Waals surface area contributed by atoms with Gasteiger partial charge in [-0.1, -0.05) is 38.1 Å². The van der Waals surface area contributed by atoms with E-state index in [0.29, 0.717) is 11.8 Å². The molecule has 1 atom stereocenters. The predicted octanol–water partition coefficient (Wildman–Crippen LogP) is 3.21. The fourth-order valence-electron chi connectivity index (χ4n) is 1.98. The van der Waals surface area contributed by atoms with Gasteiger partial charge in [-0.15, -0.1) is 0 Å². The van der Waals surface area contributed by atoms with Crippen molar-refractivity contribution in [2.24, 2.45) is 11.8 Å². The van der Waals surface area contributed by atoms with Crippen molar-refractivity contribution in [1.29, 1.82) is 0 Å². The fourth-order valence-corrected chi connectivity index (χ4v) is 1.98. The quantitative estimate of drug-likeness (QED) is 0.718. The smallest absolute Gasteiger partial charge is 0.0488 e. The van der Waals surface area contributed by atoms with Crippen LogP contribution in [0.2, 0.25) is 0 Å². The molecule has 2 nitrogen and oxygen atoms in total. The van der Waals surface area contributed by atoms with Gasteiger partial charge in [0.2, 0.25) is 0 Å². The van der Waals surface area contributed by atoms with Gasteiger partial charge in [0.1, 0.15) is 0 Å². The van der Waals surface area contributed by atoms with Crippen LogP contribution in [-0.2, 0) is 11.2 Å². The molecular formula is C16H26O2. The Labute approximate surface area is 111 Å². The van der Waals surface area contributed by atoms with Crippen LogP contribution in [0.25, 0.3) is 0 Å². The third kappa shape index (κ3) is 5.65. The van der Waals surface area contributed by atoms with Crippen LogP contribution in [0.15, 0.2) is 24.3 Å². The molecular weight excluding hydrogens is 224 g/mol. The molecule has 0 heterocycles. The molecule has 2 heteroatoms. The van der Waals surface area contributed by atoms with Crippen LogP contribution in [0.4, 0.5) is 0 Å². The van der Waals surface area contributed by atoms with Crippen molar-refractivity contribution in [1.82, 2.24) is 0 Å². The molecule has 1 N–H and O–H groups in total. The van der Waals surface area contributed by atoms with Crippen LogP contribution in [-0.4, -0.2) is 24.9 Å². The molecule has 0 aliphatic carbocycles. The first kappa shape index (κ1) is 15.2. The summed E-state index contributed by atoms with van der Waals surface area (Å²) in [5.41, 5.74) is 2.64. The Morgan fingerprint density at radius 1 is 1.22 bits per heavy atom. The van der Waals surface area contributed by atoms with Crippen LogP contribution in [0.1, 0.15) is 31.4 Å². The topological polar surface area (TPSA) is 29.5 Å². The van der Waals surface area contributed by atoms with Crippen molar-refractivity contribution in [3.63, 3.8) is 0 Å². The third-order valence-corrected chi connectivity index (χ3v) is 3.15. The van der Waals surface area contributed by atoms with Crippen LogP contribution >= 0.6 is 0 Å². The molecule has 1 aromatic rings. The number of hydrogen-bond donors (Lipinski definition) is 1. The van der Waals surface area contributed by atoms with Gasteiger partial charge in [0.15, 0.2) is 0 Å². The van der Waals surface area contributed by atoms with Crippen molar-refractivity contribution in [2.45, 2.75) is 33.6 Å². The summed E-state index contributed by atoms with van der Waals surface area (Å²) in [5, 5.41) is 9.43. The third-order valence-electron chi connectivity index (χ3n) is 3.15. The van der Waals surface area contributed by atoms with E-state index in [0.717, 1.165) is 26.1 Å². The first-order valence-electron chi connectivity index (χ1n) is 6.86. The highest BCUT2D eigenvalue weighted by atomic mass is 16.5. The Morgan fingerprint density at radius 2 is 1.94 bits per heavy atom. The minimum absolute atomic E-state index is 0.235. The van der Waals surface area contributed by atoms with E-state index in [9.17, 15) is 5.11 Å². The summed E-state index contributed by atoms with van der Waals surface area (Å²) in [6.07, 6.45) is 1.87. The second-order valence-electron chi connectivity index (χ2n) is 5.44. The zero-order valence-corrected chi connectivity index (χ0v) is 11.9. The Morgan fingerprint density at radius 3 is 2.56 bits per heavy atom. The molecule has 102 valence electrons. The SMILES string of the molecule is Cc1ccccc1CC(CO)CCOCC(C)C. The lowest BCUT2D eigenvalue weighted by Gasteiger charge is -2.16. The fraction of sp³-hybridized carbons (Fsp3) is 0.625. The Kier molecular flexibility index (Phi) is 6.99. The maximum atomic E-state index is 9.43. The summed E-state index contributed by atoms with van der Waals surface area (Å²) >= 11 is 0. The van der Waals surface area contributed by atoms with Crippen molar-refractivity contribution >= 4 is 0 Å². The molecule has 0 radical (unpaired) electrons. The number of rotatable bonds is 8. The number of aliphatic hydroxyl groups excluding tert-OH is 1. The van der Waals surface area contributed by atoms with E-state index in [2.05, 4.69) is 45.0 Å². The van der Waals surface area contributed by atoms with Gasteiger partial charge < -0.3 is 9.84 Å². The molecule has 0 aliphatic heterocycles. The van der Waals surface area contributed by atoms with Crippen molar-refractivity contribution < 1.29 is 9.84 Å². The van der Waals surface area contributed by atoms with Crippen molar-refractivity contribution in [2.75, 3.05) is 19.8 Å². The molecule has 0 aliphatic rings. The highest BCUT2D eigenvalue weighted by Gasteiger charge is 2.10. The summed E-state index contributed by atoms with van der Waals surface area (Å²) in [6.45, 7) is 8.21. The monoisotopic (exact) mass is 250 g/mol. The molecule has 0 saturated carbocycles. The van der Waals surface area contributed by atoms with Gasteiger partial charge in [-0.25, -0.2) is 0 Å². The zero-order valence-electron chi connectivity index (χ0n) is 11.9. The van der Waals surface area contributed by atoms with Gasteiger partial charge in [-0.3, -0.25) is 0 Å². The van der Waals surface area contributed by atoms with Gasteiger partial charge in [-0.2, -0.15) is 0 Å². The normalized spacial score (nSPS) is 12.9. The number of hydrogen-bond acceptors (Lipinski definition) is 2. The van der Waals surface area contributed by atoms with E-state index >= 15 is 0 Å². The van der Waals surface area contributed by atoms with Crippen LogP contribution in [0, 0.1) is 18.8 Å². The van der Waals surface area contributed by atoms with Crippen LogP contribution < -0.4 is 0 Å². The summed E-state index contributed by atoms with van der Waals surface area (Å²) < 4.78 is 5.58. The molecule has 0 saturated heterocycles. The van der Waals surface area contributed by atoms with Gasteiger partial charge in [0, 0.05) is 19.8 Å². The zero-order chi connectivity index (χ0) is 13.4. The highest BCUT2D eigenvalue weighted by molar-refractivity contribution is 5.25. The van der Waals surface area contributed by atoms with Gasteiger partial charge >= 0.3 is 0 Å².